The molecule has 1 atom stereocenters. The Balaban J connectivity index is 2.98. The molecule has 0 aromatic heterocycles. The summed E-state index contributed by atoms with van der Waals surface area (Å²) in [6.07, 6.45) is 18.9. The quantitative estimate of drug-likeness (QED) is 0.332. The van der Waals surface area contributed by atoms with E-state index in [1.165, 1.54) is 77.0 Å². The first kappa shape index (κ1) is 18.0. The lowest BCUT2D eigenvalue weighted by Gasteiger charge is -2.08. The number of nitrogens with one attached hydrogen (secondary N) is 1. The third kappa shape index (κ3) is 14.0. The Kier molecular flexibility index (Phi) is 15.0. The van der Waals surface area contributed by atoms with Crippen LogP contribution in [0, 0.1) is 0 Å². The Hall–Kier alpha value is -0.0400. The number of unbranched alkanes of at least 4 members (excludes halogenated alkanes) is 10. The van der Waals surface area contributed by atoms with Gasteiger partial charge in [0.05, 0.1) is 0 Å². The van der Waals surface area contributed by atoms with Gasteiger partial charge in [-0.2, -0.15) is 0 Å². The summed E-state index contributed by atoms with van der Waals surface area (Å²) in [6, 6.07) is 0.216. The summed E-state index contributed by atoms with van der Waals surface area (Å²) in [5, 5.41) is 0. The van der Waals surface area contributed by atoms with Crippen LogP contribution in [0.3, 0.4) is 0 Å². The van der Waals surface area contributed by atoms with Crippen LogP contribution in [0.2, 0.25) is 0 Å². The first-order chi connectivity index (χ1) is 8.81. The van der Waals surface area contributed by atoms with Crippen LogP contribution < -0.4 is 5.73 Å². The molecule has 0 aliphatic heterocycles. The number of hydrogen-bond donors (Lipinski definition) is 0. The summed E-state index contributed by atoms with van der Waals surface area (Å²) in [6.45, 7) is 4.46. The summed E-state index contributed by atoms with van der Waals surface area (Å²) in [7, 11) is 0. The van der Waals surface area contributed by atoms with E-state index in [4.69, 9.17) is 5.73 Å². The summed E-state index contributed by atoms with van der Waals surface area (Å²) >= 11 is 0. The van der Waals surface area contributed by atoms with E-state index in [0.717, 1.165) is 12.8 Å². The maximum absolute atomic E-state index is 7.80. The molecule has 1 unspecified atom stereocenters. The number of hydrogen-bond acceptors (Lipinski definition) is 0. The molecule has 0 aromatic rings. The lowest BCUT2D eigenvalue weighted by atomic mass is 10.0. The van der Waals surface area contributed by atoms with Crippen LogP contribution in [0.15, 0.2) is 0 Å². The Labute approximate surface area is 116 Å². The molecule has 0 amide bonds. The smallest absolute Gasteiger partial charge is 0.0212 e. The first-order valence-electron chi connectivity index (χ1n) is 8.52. The molecule has 0 spiro atoms. The highest BCUT2D eigenvalue weighted by Gasteiger charge is 2.00. The van der Waals surface area contributed by atoms with E-state index >= 15 is 0 Å². The van der Waals surface area contributed by atoms with Gasteiger partial charge in [-0.05, 0) is 12.8 Å². The van der Waals surface area contributed by atoms with Crippen molar-refractivity contribution in [1.82, 2.24) is 5.73 Å². The highest BCUT2D eigenvalue weighted by atomic mass is 14.6. The topological polar surface area (TPSA) is 23.8 Å². The highest BCUT2D eigenvalue weighted by Crippen LogP contribution is 2.13. The maximum atomic E-state index is 7.80. The molecule has 0 aliphatic carbocycles. The summed E-state index contributed by atoms with van der Waals surface area (Å²) < 4.78 is 0. The van der Waals surface area contributed by atoms with E-state index < -0.39 is 0 Å². The predicted molar refractivity (Wildman–Crippen MR) is 82.9 cm³/mol. The van der Waals surface area contributed by atoms with Crippen molar-refractivity contribution in [3.05, 3.63) is 0 Å². The Bertz CT molecular complexity index is 145. The van der Waals surface area contributed by atoms with Gasteiger partial charge in [0.25, 0.3) is 0 Å². The molecule has 1 N–H and O–H groups in total. The Morgan fingerprint density at radius 2 is 1.00 bits per heavy atom. The van der Waals surface area contributed by atoms with Crippen LogP contribution in [0.1, 0.15) is 104 Å². The molecule has 0 aromatic carbocycles. The van der Waals surface area contributed by atoms with Crippen LogP contribution in [0.25, 0.3) is 0 Å². The van der Waals surface area contributed by atoms with Gasteiger partial charge in [0.1, 0.15) is 0 Å². The predicted octanol–water partition coefficient (Wildman–Crippen LogP) is 6.14. The van der Waals surface area contributed by atoms with Crippen LogP contribution in [-0.2, 0) is 0 Å². The van der Waals surface area contributed by atoms with Crippen LogP contribution in [-0.4, -0.2) is 6.04 Å². The summed E-state index contributed by atoms with van der Waals surface area (Å²) in [5.74, 6) is 0. The van der Waals surface area contributed by atoms with Crippen molar-refractivity contribution in [1.29, 1.82) is 0 Å². The molecule has 109 valence electrons. The minimum Gasteiger partial charge on any atom is -0.255 e. The fraction of sp³-hybridized carbons (Fsp3) is 1.00. The summed E-state index contributed by atoms with van der Waals surface area (Å²) in [5.41, 5.74) is 7.80. The van der Waals surface area contributed by atoms with Gasteiger partial charge in [0.15, 0.2) is 0 Å². The van der Waals surface area contributed by atoms with Crippen molar-refractivity contribution in [2.75, 3.05) is 0 Å². The lowest BCUT2D eigenvalue weighted by Crippen LogP contribution is -2.07. The molecular weight excluding hydrogens is 218 g/mol. The van der Waals surface area contributed by atoms with Crippen LogP contribution in [0.4, 0.5) is 0 Å². The van der Waals surface area contributed by atoms with Gasteiger partial charge in [-0.3, -0.25) is 5.73 Å². The third-order valence-electron chi connectivity index (χ3n) is 3.79. The number of rotatable bonds is 14. The van der Waals surface area contributed by atoms with E-state index in [0.29, 0.717) is 0 Å². The van der Waals surface area contributed by atoms with Gasteiger partial charge in [0.2, 0.25) is 0 Å². The molecule has 0 heterocycles. The Morgan fingerprint density at radius 3 is 1.44 bits per heavy atom. The van der Waals surface area contributed by atoms with E-state index in [1.54, 1.807) is 0 Å². The van der Waals surface area contributed by atoms with Crippen LogP contribution in [0.5, 0.6) is 0 Å². The van der Waals surface area contributed by atoms with E-state index in [1.807, 2.05) is 0 Å². The van der Waals surface area contributed by atoms with Crippen molar-refractivity contribution in [2.45, 2.75) is 110 Å². The van der Waals surface area contributed by atoms with Crippen molar-refractivity contribution in [3.8, 4) is 0 Å². The van der Waals surface area contributed by atoms with Crippen molar-refractivity contribution in [3.63, 3.8) is 0 Å². The van der Waals surface area contributed by atoms with Gasteiger partial charge < -0.3 is 0 Å². The second-order valence-corrected chi connectivity index (χ2v) is 5.81. The molecule has 18 heavy (non-hydrogen) atoms. The van der Waals surface area contributed by atoms with Crippen LogP contribution >= 0.6 is 0 Å². The second-order valence-electron chi connectivity index (χ2n) is 5.81. The SMILES string of the molecule is CCCCCCCCCCCCCC([NH])CCC. The average molecular weight is 254 g/mol. The van der Waals surface area contributed by atoms with Crippen molar-refractivity contribution < 1.29 is 0 Å². The van der Waals surface area contributed by atoms with E-state index in [2.05, 4.69) is 13.8 Å². The van der Waals surface area contributed by atoms with Crippen molar-refractivity contribution >= 4 is 0 Å². The normalized spacial score (nSPS) is 12.8. The molecule has 0 saturated heterocycles. The minimum atomic E-state index is 0.216. The van der Waals surface area contributed by atoms with E-state index in [9.17, 15) is 0 Å². The molecule has 0 aliphatic rings. The zero-order chi connectivity index (χ0) is 13.5. The second kappa shape index (κ2) is 15.0. The zero-order valence-electron chi connectivity index (χ0n) is 13.0. The largest absolute Gasteiger partial charge is 0.255 e. The maximum Gasteiger partial charge on any atom is 0.0212 e. The minimum absolute atomic E-state index is 0.216. The van der Waals surface area contributed by atoms with Gasteiger partial charge in [-0.1, -0.05) is 90.9 Å². The summed E-state index contributed by atoms with van der Waals surface area (Å²) in [4.78, 5) is 0. The molecular formula is C17H36N. The average Bonchev–Trinajstić information content (AvgIpc) is 2.36. The molecule has 1 nitrogen and oxygen atoms in total. The molecule has 0 bridgehead atoms. The first-order valence-corrected chi connectivity index (χ1v) is 8.52. The molecule has 1 radical (unpaired) electrons. The zero-order valence-corrected chi connectivity index (χ0v) is 13.0. The fourth-order valence-corrected chi connectivity index (χ4v) is 2.55. The lowest BCUT2D eigenvalue weighted by molar-refractivity contribution is 0.493. The van der Waals surface area contributed by atoms with Gasteiger partial charge in [-0.25, -0.2) is 0 Å². The molecule has 0 fully saturated rings. The highest BCUT2D eigenvalue weighted by molar-refractivity contribution is 4.59. The van der Waals surface area contributed by atoms with E-state index in [-0.39, 0.29) is 6.04 Å². The standard InChI is InChI=1S/C17H36N/c1-3-5-6-7-8-9-10-11-12-13-14-16-17(18)15-4-2/h17-18H,3-16H2,1-2H3. The fourth-order valence-electron chi connectivity index (χ4n) is 2.55. The molecule has 0 rings (SSSR count). The van der Waals surface area contributed by atoms with Gasteiger partial charge >= 0.3 is 0 Å². The monoisotopic (exact) mass is 254 g/mol. The van der Waals surface area contributed by atoms with Gasteiger partial charge in [-0.15, -0.1) is 0 Å². The Morgan fingerprint density at radius 1 is 0.556 bits per heavy atom. The van der Waals surface area contributed by atoms with Gasteiger partial charge in [0, 0.05) is 6.04 Å². The molecule has 0 saturated carbocycles. The molecule has 1 heteroatoms. The van der Waals surface area contributed by atoms with Crippen molar-refractivity contribution in [2.24, 2.45) is 0 Å². The third-order valence-corrected chi connectivity index (χ3v) is 3.79.